The molecule has 0 aliphatic heterocycles. The van der Waals surface area contributed by atoms with Crippen molar-refractivity contribution in [3.63, 3.8) is 0 Å². The van der Waals surface area contributed by atoms with E-state index in [-0.39, 0.29) is 11.9 Å². The number of carbonyl (C=O) groups excluding carboxylic acids is 1. The van der Waals surface area contributed by atoms with Gasteiger partial charge in [-0.3, -0.25) is 4.79 Å². The number of hydrogen-bond donors (Lipinski definition) is 0. The van der Waals surface area contributed by atoms with Crippen LogP contribution in [0.1, 0.15) is 17.3 Å². The van der Waals surface area contributed by atoms with Crippen molar-refractivity contribution in [1.82, 2.24) is 4.90 Å². The molecule has 0 radical (unpaired) electrons. The molecule has 0 saturated carbocycles. The van der Waals surface area contributed by atoms with E-state index in [2.05, 4.69) is 0 Å². The molecule has 1 aromatic carbocycles. The molecular weight excluding hydrogens is 233 g/mol. The van der Waals surface area contributed by atoms with Crippen molar-refractivity contribution in [3.8, 4) is 0 Å². The van der Waals surface area contributed by atoms with Crippen LogP contribution in [-0.2, 0) is 0 Å². The molecule has 0 aliphatic rings. The lowest BCUT2D eigenvalue weighted by atomic mass is 10.2. The predicted octanol–water partition coefficient (Wildman–Crippen LogP) is 3.04. The molecule has 1 atom stereocenters. The van der Waals surface area contributed by atoms with Gasteiger partial charge in [-0.15, -0.1) is 11.6 Å². The SMILES string of the molecule is CC(CCl)N(C)C(=O)c1cccc(Cl)c1. The van der Waals surface area contributed by atoms with Crippen LogP contribution in [0.2, 0.25) is 5.02 Å². The largest absolute Gasteiger partial charge is 0.338 e. The maximum atomic E-state index is 11.9. The van der Waals surface area contributed by atoms with E-state index in [0.717, 1.165) is 0 Å². The first-order valence-corrected chi connectivity index (χ1v) is 5.56. The standard InChI is InChI=1S/C11H13Cl2NO/c1-8(7-12)14(2)11(15)9-4-3-5-10(13)6-9/h3-6,8H,7H2,1-2H3. The highest BCUT2D eigenvalue weighted by atomic mass is 35.5. The number of alkyl halides is 1. The Morgan fingerprint density at radius 3 is 2.73 bits per heavy atom. The minimum Gasteiger partial charge on any atom is -0.338 e. The van der Waals surface area contributed by atoms with Gasteiger partial charge in [0.25, 0.3) is 5.91 Å². The van der Waals surface area contributed by atoms with Gasteiger partial charge in [-0.05, 0) is 25.1 Å². The summed E-state index contributed by atoms with van der Waals surface area (Å²) < 4.78 is 0. The van der Waals surface area contributed by atoms with Crippen molar-refractivity contribution in [2.45, 2.75) is 13.0 Å². The summed E-state index contributed by atoms with van der Waals surface area (Å²) in [5.74, 6) is 0.355. The van der Waals surface area contributed by atoms with Crippen LogP contribution in [0.5, 0.6) is 0 Å². The van der Waals surface area contributed by atoms with E-state index < -0.39 is 0 Å². The third-order valence-corrected chi connectivity index (χ3v) is 2.96. The van der Waals surface area contributed by atoms with Crippen LogP contribution >= 0.6 is 23.2 Å². The monoisotopic (exact) mass is 245 g/mol. The minimum absolute atomic E-state index is 0.0122. The van der Waals surface area contributed by atoms with Crippen LogP contribution in [-0.4, -0.2) is 29.8 Å². The van der Waals surface area contributed by atoms with Crippen molar-refractivity contribution in [2.24, 2.45) is 0 Å². The smallest absolute Gasteiger partial charge is 0.253 e. The van der Waals surface area contributed by atoms with Crippen molar-refractivity contribution in [1.29, 1.82) is 0 Å². The molecule has 1 aromatic rings. The number of rotatable bonds is 3. The Morgan fingerprint density at radius 2 is 2.20 bits per heavy atom. The van der Waals surface area contributed by atoms with Gasteiger partial charge in [0.05, 0.1) is 0 Å². The number of carbonyl (C=O) groups is 1. The van der Waals surface area contributed by atoms with E-state index in [9.17, 15) is 4.79 Å². The summed E-state index contributed by atoms with van der Waals surface area (Å²) in [5, 5.41) is 0.563. The summed E-state index contributed by atoms with van der Waals surface area (Å²) in [6.07, 6.45) is 0. The molecule has 0 saturated heterocycles. The van der Waals surface area contributed by atoms with E-state index in [1.165, 1.54) is 0 Å². The molecule has 1 unspecified atom stereocenters. The summed E-state index contributed by atoms with van der Waals surface area (Å²) in [4.78, 5) is 13.5. The highest BCUT2D eigenvalue weighted by molar-refractivity contribution is 6.30. The van der Waals surface area contributed by atoms with E-state index in [1.807, 2.05) is 6.92 Å². The summed E-state index contributed by atoms with van der Waals surface area (Å²) in [5.41, 5.74) is 0.585. The van der Waals surface area contributed by atoms with Crippen LogP contribution in [0.3, 0.4) is 0 Å². The highest BCUT2D eigenvalue weighted by Gasteiger charge is 2.16. The lowest BCUT2D eigenvalue weighted by Gasteiger charge is -2.23. The van der Waals surface area contributed by atoms with Gasteiger partial charge < -0.3 is 4.90 Å². The molecule has 0 heterocycles. The third-order valence-electron chi connectivity index (χ3n) is 2.28. The van der Waals surface area contributed by atoms with Crippen LogP contribution in [0.25, 0.3) is 0 Å². The summed E-state index contributed by atoms with van der Waals surface area (Å²) in [6, 6.07) is 6.91. The Kier molecular flexibility index (Phi) is 4.43. The second kappa shape index (κ2) is 5.38. The lowest BCUT2D eigenvalue weighted by Crippen LogP contribution is -2.36. The molecule has 82 valence electrons. The number of halogens is 2. The van der Waals surface area contributed by atoms with Gasteiger partial charge in [0.1, 0.15) is 0 Å². The molecule has 0 spiro atoms. The first kappa shape index (κ1) is 12.3. The zero-order valence-electron chi connectivity index (χ0n) is 8.71. The first-order chi connectivity index (χ1) is 7.06. The molecule has 1 rings (SSSR count). The third kappa shape index (κ3) is 3.11. The molecule has 0 aromatic heterocycles. The maximum absolute atomic E-state index is 11.9. The van der Waals surface area contributed by atoms with Crippen molar-refractivity contribution < 1.29 is 4.79 Å². The van der Waals surface area contributed by atoms with Gasteiger partial charge in [-0.2, -0.15) is 0 Å². The number of amides is 1. The van der Waals surface area contributed by atoms with E-state index in [0.29, 0.717) is 16.5 Å². The van der Waals surface area contributed by atoms with Gasteiger partial charge in [0, 0.05) is 29.6 Å². The van der Waals surface area contributed by atoms with Crippen LogP contribution < -0.4 is 0 Å². The van der Waals surface area contributed by atoms with Crippen molar-refractivity contribution >= 4 is 29.1 Å². The van der Waals surface area contributed by atoms with Gasteiger partial charge in [0.2, 0.25) is 0 Å². The zero-order valence-corrected chi connectivity index (χ0v) is 10.2. The van der Waals surface area contributed by atoms with Gasteiger partial charge in [0.15, 0.2) is 0 Å². The minimum atomic E-state index is -0.0642. The summed E-state index contributed by atoms with van der Waals surface area (Å²) in [6.45, 7) is 1.90. The fraction of sp³-hybridized carbons (Fsp3) is 0.364. The normalized spacial score (nSPS) is 12.3. The van der Waals surface area contributed by atoms with Gasteiger partial charge >= 0.3 is 0 Å². The second-order valence-electron chi connectivity index (χ2n) is 3.43. The lowest BCUT2D eigenvalue weighted by molar-refractivity contribution is 0.0756. The van der Waals surface area contributed by atoms with Gasteiger partial charge in [-0.25, -0.2) is 0 Å². The second-order valence-corrected chi connectivity index (χ2v) is 4.17. The number of nitrogens with zero attached hydrogens (tertiary/aromatic N) is 1. The first-order valence-electron chi connectivity index (χ1n) is 4.65. The molecule has 1 amide bonds. The summed E-state index contributed by atoms with van der Waals surface area (Å²) >= 11 is 11.5. The molecule has 4 heteroatoms. The Hall–Kier alpha value is -0.730. The Balaban J connectivity index is 2.85. The van der Waals surface area contributed by atoms with Crippen LogP contribution in [0.15, 0.2) is 24.3 Å². The molecule has 0 aliphatic carbocycles. The fourth-order valence-corrected chi connectivity index (χ4v) is 1.53. The van der Waals surface area contributed by atoms with Crippen LogP contribution in [0.4, 0.5) is 0 Å². The summed E-state index contributed by atoms with van der Waals surface area (Å²) in [7, 11) is 1.73. The Morgan fingerprint density at radius 1 is 1.53 bits per heavy atom. The Labute approximate surface area is 99.8 Å². The van der Waals surface area contributed by atoms with E-state index in [4.69, 9.17) is 23.2 Å². The molecule has 15 heavy (non-hydrogen) atoms. The van der Waals surface area contributed by atoms with Crippen molar-refractivity contribution in [3.05, 3.63) is 34.9 Å². The zero-order chi connectivity index (χ0) is 11.4. The Bertz CT molecular complexity index is 354. The molecule has 0 N–H and O–H groups in total. The fourth-order valence-electron chi connectivity index (χ4n) is 1.13. The average molecular weight is 246 g/mol. The molecule has 0 fully saturated rings. The number of hydrogen-bond acceptors (Lipinski definition) is 1. The number of benzene rings is 1. The van der Waals surface area contributed by atoms with Crippen molar-refractivity contribution in [2.75, 3.05) is 12.9 Å². The molecule has 2 nitrogen and oxygen atoms in total. The average Bonchev–Trinajstić information content (AvgIpc) is 2.26. The highest BCUT2D eigenvalue weighted by Crippen LogP contribution is 2.13. The molecule has 0 bridgehead atoms. The van der Waals surface area contributed by atoms with E-state index in [1.54, 1.807) is 36.2 Å². The van der Waals surface area contributed by atoms with Crippen LogP contribution in [0, 0.1) is 0 Å². The van der Waals surface area contributed by atoms with Gasteiger partial charge in [-0.1, -0.05) is 17.7 Å². The topological polar surface area (TPSA) is 20.3 Å². The molecular formula is C11H13Cl2NO. The van der Waals surface area contributed by atoms with E-state index >= 15 is 0 Å². The predicted molar refractivity (Wildman–Crippen MR) is 63.7 cm³/mol. The maximum Gasteiger partial charge on any atom is 0.253 e. The quantitative estimate of drug-likeness (QED) is 0.750.